The van der Waals surface area contributed by atoms with Crippen LogP contribution < -0.4 is 5.32 Å². The predicted molar refractivity (Wildman–Crippen MR) is 79.8 cm³/mol. The van der Waals surface area contributed by atoms with Gasteiger partial charge in [-0.15, -0.1) is 0 Å². The molecule has 0 unspecified atom stereocenters. The number of benzene rings is 1. The van der Waals surface area contributed by atoms with Gasteiger partial charge in [0.2, 0.25) is 0 Å². The van der Waals surface area contributed by atoms with Crippen LogP contribution >= 0.6 is 0 Å². The van der Waals surface area contributed by atoms with E-state index in [0.29, 0.717) is 0 Å². The van der Waals surface area contributed by atoms with Crippen molar-refractivity contribution in [3.8, 4) is 0 Å². The van der Waals surface area contributed by atoms with Crippen LogP contribution in [0, 0.1) is 0 Å². The zero-order chi connectivity index (χ0) is 13.7. The Hall–Kier alpha value is -1.58. The van der Waals surface area contributed by atoms with Crippen molar-refractivity contribution in [1.82, 2.24) is 14.8 Å². The second-order valence-electron chi connectivity index (χ2n) is 5.22. The van der Waals surface area contributed by atoms with Gasteiger partial charge in [-0.25, -0.2) is 0 Å². The molecule has 0 fully saturated rings. The summed E-state index contributed by atoms with van der Waals surface area (Å²) >= 11 is 0. The fourth-order valence-electron chi connectivity index (χ4n) is 2.23. The summed E-state index contributed by atoms with van der Waals surface area (Å²) in [5.74, 6) is 0. The predicted octanol–water partition coefficient (Wildman–Crippen LogP) is 2.38. The Morgan fingerprint density at radius 1 is 1.00 bits per heavy atom. The Morgan fingerprint density at radius 3 is 2.37 bits per heavy atom. The topological polar surface area (TPSA) is 20.2 Å². The van der Waals surface area contributed by atoms with E-state index in [9.17, 15) is 0 Å². The highest BCUT2D eigenvalue weighted by molar-refractivity contribution is 5.27. The molecule has 1 heterocycles. The van der Waals surface area contributed by atoms with Crippen LogP contribution in [0.15, 0.2) is 42.6 Å². The third-order valence-corrected chi connectivity index (χ3v) is 3.28. The summed E-state index contributed by atoms with van der Waals surface area (Å²) in [6.07, 6.45) is 2.08. The Balaban J connectivity index is 1.94. The first-order valence-corrected chi connectivity index (χ1v) is 6.69. The molecule has 2 aromatic rings. The SMILES string of the molecule is CN(C)Cc1ccccc1CNCc1cccn1C. The Kier molecular flexibility index (Phi) is 4.77. The van der Waals surface area contributed by atoms with Gasteiger partial charge in [0.1, 0.15) is 0 Å². The molecule has 1 N–H and O–H groups in total. The van der Waals surface area contributed by atoms with Crippen molar-refractivity contribution in [3.63, 3.8) is 0 Å². The Labute approximate surface area is 115 Å². The summed E-state index contributed by atoms with van der Waals surface area (Å²) in [6, 6.07) is 12.9. The number of hydrogen-bond acceptors (Lipinski definition) is 2. The molecular formula is C16H23N3. The molecular weight excluding hydrogens is 234 g/mol. The maximum atomic E-state index is 3.52. The second kappa shape index (κ2) is 6.55. The monoisotopic (exact) mass is 257 g/mol. The second-order valence-corrected chi connectivity index (χ2v) is 5.22. The van der Waals surface area contributed by atoms with Crippen LogP contribution in [0.5, 0.6) is 0 Å². The first-order chi connectivity index (χ1) is 9.16. The summed E-state index contributed by atoms with van der Waals surface area (Å²) in [6.45, 7) is 2.80. The van der Waals surface area contributed by atoms with E-state index >= 15 is 0 Å². The molecule has 0 saturated carbocycles. The van der Waals surface area contributed by atoms with E-state index in [1.165, 1.54) is 16.8 Å². The highest BCUT2D eigenvalue weighted by Gasteiger charge is 2.03. The first-order valence-electron chi connectivity index (χ1n) is 6.69. The van der Waals surface area contributed by atoms with Crippen molar-refractivity contribution in [3.05, 3.63) is 59.4 Å². The van der Waals surface area contributed by atoms with Crippen LogP contribution in [-0.4, -0.2) is 23.6 Å². The Bertz CT molecular complexity index is 514. The summed E-state index contributed by atoms with van der Waals surface area (Å²) in [5, 5.41) is 3.52. The zero-order valence-corrected chi connectivity index (χ0v) is 12.1. The first kappa shape index (κ1) is 13.8. The number of nitrogens with one attached hydrogen (secondary N) is 1. The minimum atomic E-state index is 0.903. The van der Waals surface area contributed by atoms with Gasteiger partial charge < -0.3 is 14.8 Å². The summed E-state index contributed by atoms with van der Waals surface area (Å²) in [5.41, 5.74) is 4.09. The zero-order valence-electron chi connectivity index (χ0n) is 12.1. The van der Waals surface area contributed by atoms with E-state index < -0.39 is 0 Å². The maximum absolute atomic E-state index is 3.52. The van der Waals surface area contributed by atoms with Crippen molar-refractivity contribution in [2.24, 2.45) is 7.05 Å². The molecule has 102 valence electrons. The minimum absolute atomic E-state index is 0.903. The summed E-state index contributed by atoms with van der Waals surface area (Å²) < 4.78 is 2.15. The molecule has 19 heavy (non-hydrogen) atoms. The molecule has 0 atom stereocenters. The van der Waals surface area contributed by atoms with Gasteiger partial charge in [-0.3, -0.25) is 0 Å². The van der Waals surface area contributed by atoms with Crippen molar-refractivity contribution in [2.45, 2.75) is 19.6 Å². The fourth-order valence-corrected chi connectivity index (χ4v) is 2.23. The molecule has 0 amide bonds. The molecule has 0 radical (unpaired) electrons. The van der Waals surface area contributed by atoms with Gasteiger partial charge in [-0.1, -0.05) is 24.3 Å². The van der Waals surface area contributed by atoms with Crippen molar-refractivity contribution in [1.29, 1.82) is 0 Å². The number of aromatic nitrogens is 1. The van der Waals surface area contributed by atoms with Gasteiger partial charge in [0, 0.05) is 38.6 Å². The van der Waals surface area contributed by atoms with Gasteiger partial charge in [0.05, 0.1) is 0 Å². The molecule has 0 spiro atoms. The van der Waals surface area contributed by atoms with E-state index in [2.05, 4.69) is 78.5 Å². The molecule has 0 aliphatic heterocycles. The quantitative estimate of drug-likeness (QED) is 0.857. The lowest BCUT2D eigenvalue weighted by atomic mass is 10.1. The van der Waals surface area contributed by atoms with Crippen molar-refractivity contribution < 1.29 is 0 Å². The van der Waals surface area contributed by atoms with Crippen LogP contribution in [0.25, 0.3) is 0 Å². The third kappa shape index (κ3) is 3.94. The molecule has 0 aliphatic rings. The fraction of sp³-hybridized carbons (Fsp3) is 0.375. The van der Waals surface area contributed by atoms with E-state index in [0.717, 1.165) is 19.6 Å². The van der Waals surface area contributed by atoms with Crippen LogP contribution in [0.3, 0.4) is 0 Å². The van der Waals surface area contributed by atoms with E-state index in [1.807, 2.05) is 0 Å². The number of rotatable bonds is 6. The molecule has 0 saturated heterocycles. The minimum Gasteiger partial charge on any atom is -0.353 e. The molecule has 3 nitrogen and oxygen atoms in total. The number of nitrogens with zero attached hydrogens (tertiary/aromatic N) is 2. The van der Waals surface area contributed by atoms with Crippen molar-refractivity contribution >= 4 is 0 Å². The van der Waals surface area contributed by atoms with Crippen LogP contribution in [-0.2, 0) is 26.7 Å². The van der Waals surface area contributed by atoms with Crippen LogP contribution in [0.2, 0.25) is 0 Å². The molecule has 2 rings (SSSR count). The normalized spacial score (nSPS) is 11.2. The molecule has 0 bridgehead atoms. The highest BCUT2D eigenvalue weighted by Crippen LogP contribution is 2.10. The molecule has 1 aromatic carbocycles. The van der Waals surface area contributed by atoms with Gasteiger partial charge >= 0.3 is 0 Å². The third-order valence-electron chi connectivity index (χ3n) is 3.28. The average Bonchev–Trinajstić information content (AvgIpc) is 2.77. The smallest absolute Gasteiger partial charge is 0.0362 e. The van der Waals surface area contributed by atoms with E-state index in [1.54, 1.807) is 0 Å². The standard InChI is InChI=1S/C16H23N3/c1-18(2)13-15-8-5-4-7-14(15)11-17-12-16-9-6-10-19(16)3/h4-10,17H,11-13H2,1-3H3. The lowest BCUT2D eigenvalue weighted by molar-refractivity contribution is 0.400. The van der Waals surface area contributed by atoms with Gasteiger partial charge in [-0.2, -0.15) is 0 Å². The van der Waals surface area contributed by atoms with E-state index in [-0.39, 0.29) is 0 Å². The Morgan fingerprint density at radius 2 is 1.74 bits per heavy atom. The largest absolute Gasteiger partial charge is 0.353 e. The maximum Gasteiger partial charge on any atom is 0.0362 e. The molecule has 1 aromatic heterocycles. The highest BCUT2D eigenvalue weighted by atomic mass is 15.0. The van der Waals surface area contributed by atoms with Gasteiger partial charge in [0.25, 0.3) is 0 Å². The van der Waals surface area contributed by atoms with Gasteiger partial charge in [-0.05, 0) is 37.4 Å². The van der Waals surface area contributed by atoms with Crippen LogP contribution in [0.4, 0.5) is 0 Å². The average molecular weight is 257 g/mol. The molecule has 3 heteroatoms. The lowest BCUT2D eigenvalue weighted by Crippen LogP contribution is -2.18. The summed E-state index contributed by atoms with van der Waals surface area (Å²) in [7, 11) is 6.29. The van der Waals surface area contributed by atoms with E-state index in [4.69, 9.17) is 0 Å². The van der Waals surface area contributed by atoms with Crippen molar-refractivity contribution in [2.75, 3.05) is 14.1 Å². The molecule has 0 aliphatic carbocycles. The number of aryl methyl sites for hydroxylation is 1. The lowest BCUT2D eigenvalue weighted by Gasteiger charge is -2.14. The van der Waals surface area contributed by atoms with Gasteiger partial charge in [0.15, 0.2) is 0 Å². The summed E-state index contributed by atoms with van der Waals surface area (Å²) in [4.78, 5) is 2.20. The number of hydrogen-bond donors (Lipinski definition) is 1. The van der Waals surface area contributed by atoms with Crippen LogP contribution in [0.1, 0.15) is 16.8 Å².